The smallest absolute Gasteiger partial charge is 0.232 e. The lowest BCUT2D eigenvalue weighted by molar-refractivity contribution is 0.195. The van der Waals surface area contributed by atoms with E-state index < -0.39 is 0 Å². The molecule has 0 radical (unpaired) electrons. The highest BCUT2D eigenvalue weighted by Crippen LogP contribution is 2.21. The van der Waals surface area contributed by atoms with E-state index >= 15 is 0 Å². The molecule has 2 rings (SSSR count). The second-order valence-electron chi connectivity index (χ2n) is 3.57. The summed E-state index contributed by atoms with van der Waals surface area (Å²) in [6, 6.07) is 5.51. The number of aromatic nitrogens is 1. The summed E-state index contributed by atoms with van der Waals surface area (Å²) in [5.74, 6) is 0.206. The molecular formula is C11H14N2O. The van der Waals surface area contributed by atoms with E-state index in [1.165, 1.54) is 12.8 Å². The van der Waals surface area contributed by atoms with Crippen molar-refractivity contribution in [3.63, 3.8) is 0 Å². The predicted octanol–water partition coefficient (Wildman–Crippen LogP) is 2.37. The Morgan fingerprint density at radius 3 is 2.79 bits per heavy atom. The molecule has 1 saturated carbocycles. The van der Waals surface area contributed by atoms with Gasteiger partial charge in [-0.15, -0.1) is 0 Å². The third-order valence-electron chi connectivity index (χ3n) is 2.48. The van der Waals surface area contributed by atoms with Gasteiger partial charge in [-0.1, -0.05) is 6.07 Å². The largest absolute Gasteiger partial charge is 0.473 e. The molecule has 0 aromatic carbocycles. The van der Waals surface area contributed by atoms with Gasteiger partial charge in [0.25, 0.3) is 0 Å². The molecule has 1 aliphatic carbocycles. The summed E-state index contributed by atoms with van der Waals surface area (Å²) in [5, 5.41) is 7.71. The number of nitrogens with one attached hydrogen (secondary N) is 1. The first-order valence-corrected chi connectivity index (χ1v) is 5.03. The number of nitrogens with zero attached hydrogens (tertiary/aromatic N) is 1. The minimum Gasteiger partial charge on any atom is -0.473 e. The summed E-state index contributed by atoms with van der Waals surface area (Å²) < 4.78 is 5.52. The number of pyridine rings is 1. The minimum absolute atomic E-state index is 0.206. The maximum atomic E-state index is 7.71. The van der Waals surface area contributed by atoms with Gasteiger partial charge in [-0.3, -0.25) is 10.4 Å². The van der Waals surface area contributed by atoms with Crippen molar-refractivity contribution in [3.8, 4) is 0 Å². The summed E-state index contributed by atoms with van der Waals surface area (Å²) >= 11 is 0. The first-order chi connectivity index (χ1) is 6.86. The summed E-state index contributed by atoms with van der Waals surface area (Å²) in [6.45, 7) is 0. The van der Waals surface area contributed by atoms with E-state index in [0.717, 1.165) is 12.8 Å². The Morgan fingerprint density at radius 2 is 2.14 bits per heavy atom. The van der Waals surface area contributed by atoms with Crippen LogP contribution in [-0.4, -0.2) is 17.0 Å². The van der Waals surface area contributed by atoms with Crippen molar-refractivity contribution in [2.24, 2.45) is 0 Å². The fourth-order valence-corrected chi connectivity index (χ4v) is 1.73. The fourth-order valence-electron chi connectivity index (χ4n) is 1.73. The Labute approximate surface area is 83.6 Å². The van der Waals surface area contributed by atoms with Crippen LogP contribution in [0.5, 0.6) is 0 Å². The van der Waals surface area contributed by atoms with E-state index in [2.05, 4.69) is 4.98 Å². The summed E-state index contributed by atoms with van der Waals surface area (Å²) in [7, 11) is 0. The molecule has 3 nitrogen and oxygen atoms in total. The van der Waals surface area contributed by atoms with Crippen LogP contribution in [0.15, 0.2) is 24.4 Å². The Morgan fingerprint density at radius 1 is 1.36 bits per heavy atom. The molecule has 0 unspecified atom stereocenters. The first kappa shape index (κ1) is 9.19. The molecule has 1 fully saturated rings. The second kappa shape index (κ2) is 4.22. The monoisotopic (exact) mass is 190 g/mol. The van der Waals surface area contributed by atoms with Crippen molar-refractivity contribution in [1.29, 1.82) is 5.41 Å². The lowest BCUT2D eigenvalue weighted by Crippen LogP contribution is -2.15. The maximum absolute atomic E-state index is 7.71. The topological polar surface area (TPSA) is 46.0 Å². The molecule has 0 amide bonds. The van der Waals surface area contributed by atoms with Crippen LogP contribution >= 0.6 is 0 Å². The van der Waals surface area contributed by atoms with Gasteiger partial charge in [0.1, 0.15) is 11.8 Å². The van der Waals surface area contributed by atoms with E-state index in [1.54, 1.807) is 12.3 Å². The Hall–Kier alpha value is -1.38. The highest BCUT2D eigenvalue weighted by atomic mass is 16.5. The highest BCUT2D eigenvalue weighted by molar-refractivity contribution is 5.89. The van der Waals surface area contributed by atoms with Gasteiger partial charge in [0.2, 0.25) is 5.90 Å². The number of ether oxygens (including phenoxy) is 1. The Bertz CT molecular complexity index is 304. The zero-order chi connectivity index (χ0) is 9.80. The van der Waals surface area contributed by atoms with Crippen molar-refractivity contribution in [2.45, 2.75) is 31.8 Å². The van der Waals surface area contributed by atoms with Crippen molar-refractivity contribution in [1.82, 2.24) is 4.98 Å². The van der Waals surface area contributed by atoms with Gasteiger partial charge in [-0.2, -0.15) is 0 Å². The van der Waals surface area contributed by atoms with Gasteiger partial charge >= 0.3 is 0 Å². The van der Waals surface area contributed by atoms with Crippen LogP contribution in [0.4, 0.5) is 0 Å². The SMILES string of the molecule is N=C(OC1CCCC1)c1ccccn1. The molecule has 14 heavy (non-hydrogen) atoms. The second-order valence-corrected chi connectivity index (χ2v) is 3.57. The fraction of sp³-hybridized carbons (Fsp3) is 0.455. The average Bonchev–Trinajstić information content (AvgIpc) is 2.72. The van der Waals surface area contributed by atoms with Crippen LogP contribution in [0.25, 0.3) is 0 Å². The summed E-state index contributed by atoms with van der Waals surface area (Å²) in [4.78, 5) is 4.07. The van der Waals surface area contributed by atoms with Gasteiger partial charge < -0.3 is 4.74 Å². The molecular weight excluding hydrogens is 176 g/mol. The molecule has 0 atom stereocenters. The van der Waals surface area contributed by atoms with Crippen LogP contribution in [0.2, 0.25) is 0 Å². The Kier molecular flexibility index (Phi) is 2.77. The third kappa shape index (κ3) is 2.10. The van der Waals surface area contributed by atoms with Crippen LogP contribution in [0.3, 0.4) is 0 Å². The van der Waals surface area contributed by atoms with Gasteiger partial charge in [-0.05, 0) is 37.8 Å². The molecule has 74 valence electrons. The lowest BCUT2D eigenvalue weighted by atomic mass is 10.3. The minimum atomic E-state index is 0.206. The van der Waals surface area contributed by atoms with E-state index in [4.69, 9.17) is 10.1 Å². The highest BCUT2D eigenvalue weighted by Gasteiger charge is 2.18. The lowest BCUT2D eigenvalue weighted by Gasteiger charge is -2.12. The Balaban J connectivity index is 1.95. The van der Waals surface area contributed by atoms with Gasteiger partial charge in [0.15, 0.2) is 0 Å². The zero-order valence-corrected chi connectivity index (χ0v) is 8.07. The first-order valence-electron chi connectivity index (χ1n) is 5.03. The number of hydrogen-bond donors (Lipinski definition) is 1. The predicted molar refractivity (Wildman–Crippen MR) is 54.4 cm³/mol. The van der Waals surface area contributed by atoms with Gasteiger partial charge in [-0.25, -0.2) is 0 Å². The quantitative estimate of drug-likeness (QED) is 0.574. The van der Waals surface area contributed by atoms with Crippen LogP contribution in [-0.2, 0) is 4.74 Å². The van der Waals surface area contributed by atoms with Crippen LogP contribution < -0.4 is 0 Å². The maximum Gasteiger partial charge on any atom is 0.232 e. The standard InChI is InChI=1S/C11H14N2O/c12-11(10-7-3-4-8-13-10)14-9-5-1-2-6-9/h3-4,7-9,12H,1-2,5-6H2. The summed E-state index contributed by atoms with van der Waals surface area (Å²) in [5.41, 5.74) is 0.624. The van der Waals surface area contributed by atoms with E-state index in [-0.39, 0.29) is 12.0 Å². The molecule has 0 aliphatic heterocycles. The normalized spacial score (nSPS) is 16.9. The molecule has 0 spiro atoms. The summed E-state index contributed by atoms with van der Waals surface area (Å²) in [6.07, 6.45) is 6.52. The van der Waals surface area contributed by atoms with E-state index in [1.807, 2.05) is 12.1 Å². The van der Waals surface area contributed by atoms with Crippen molar-refractivity contribution >= 4 is 5.90 Å². The molecule has 0 saturated heterocycles. The molecule has 1 aromatic rings. The molecule has 1 heterocycles. The zero-order valence-electron chi connectivity index (χ0n) is 8.07. The van der Waals surface area contributed by atoms with Crippen LogP contribution in [0.1, 0.15) is 31.4 Å². The van der Waals surface area contributed by atoms with Gasteiger partial charge in [0.05, 0.1) is 0 Å². The molecule has 1 aliphatic rings. The molecule has 3 heteroatoms. The van der Waals surface area contributed by atoms with Gasteiger partial charge in [0, 0.05) is 6.20 Å². The molecule has 1 N–H and O–H groups in total. The van der Waals surface area contributed by atoms with Crippen molar-refractivity contribution in [3.05, 3.63) is 30.1 Å². The van der Waals surface area contributed by atoms with Crippen molar-refractivity contribution in [2.75, 3.05) is 0 Å². The van der Waals surface area contributed by atoms with Crippen LogP contribution in [0, 0.1) is 5.41 Å². The number of rotatable bonds is 2. The molecule has 0 bridgehead atoms. The average molecular weight is 190 g/mol. The van der Waals surface area contributed by atoms with E-state index in [9.17, 15) is 0 Å². The van der Waals surface area contributed by atoms with Crippen molar-refractivity contribution < 1.29 is 4.74 Å². The number of hydrogen-bond acceptors (Lipinski definition) is 3. The molecule has 1 aromatic heterocycles. The van der Waals surface area contributed by atoms with E-state index in [0.29, 0.717) is 5.69 Å². The third-order valence-corrected chi connectivity index (χ3v) is 2.48.